The third-order valence-electron chi connectivity index (χ3n) is 3.20. The van der Waals surface area contributed by atoms with E-state index in [4.69, 9.17) is 16.3 Å². The number of amides is 2. The molecule has 136 valence electrons. The predicted octanol–water partition coefficient (Wildman–Crippen LogP) is 2.89. The van der Waals surface area contributed by atoms with Gasteiger partial charge < -0.3 is 10.1 Å². The Balaban J connectivity index is 1.82. The molecule has 2 rings (SSSR count). The smallest absolute Gasteiger partial charge is 0.329 e. The van der Waals surface area contributed by atoms with Crippen LogP contribution in [0.2, 0.25) is 5.02 Å². The van der Waals surface area contributed by atoms with Gasteiger partial charge >= 0.3 is 11.8 Å². The Kier molecular flexibility index (Phi) is 7.17. The number of carbonyl (C=O) groups excluding carboxylic acids is 2. The SMILES string of the molecule is CC(C)NC(=O)C(=O)NN=Cc1ccc(OCc2ccc(Cl)cc2)cc1. The van der Waals surface area contributed by atoms with Gasteiger partial charge in [0.25, 0.3) is 0 Å². The van der Waals surface area contributed by atoms with Gasteiger partial charge in [-0.3, -0.25) is 9.59 Å². The average molecular weight is 374 g/mol. The molecule has 0 unspecified atom stereocenters. The maximum Gasteiger partial charge on any atom is 0.329 e. The van der Waals surface area contributed by atoms with Gasteiger partial charge in [0.2, 0.25) is 0 Å². The van der Waals surface area contributed by atoms with Crippen LogP contribution in [0.3, 0.4) is 0 Å². The monoisotopic (exact) mass is 373 g/mol. The molecule has 0 aromatic heterocycles. The lowest BCUT2D eigenvalue weighted by molar-refractivity contribution is -0.139. The summed E-state index contributed by atoms with van der Waals surface area (Å²) in [7, 11) is 0. The van der Waals surface area contributed by atoms with Crippen molar-refractivity contribution < 1.29 is 14.3 Å². The number of ether oxygens (including phenoxy) is 1. The minimum atomic E-state index is -0.808. The van der Waals surface area contributed by atoms with Gasteiger partial charge in [-0.05, 0) is 61.4 Å². The highest BCUT2D eigenvalue weighted by molar-refractivity contribution is 6.35. The Morgan fingerprint density at radius 2 is 1.73 bits per heavy atom. The van der Waals surface area contributed by atoms with Crippen molar-refractivity contribution in [1.82, 2.24) is 10.7 Å². The van der Waals surface area contributed by atoms with Gasteiger partial charge in [0.15, 0.2) is 0 Å². The molecule has 0 heterocycles. The van der Waals surface area contributed by atoms with Crippen LogP contribution in [-0.2, 0) is 16.2 Å². The van der Waals surface area contributed by atoms with Gasteiger partial charge in [-0.2, -0.15) is 5.10 Å². The summed E-state index contributed by atoms with van der Waals surface area (Å²) in [6, 6.07) is 14.5. The second-order valence-corrected chi connectivity index (χ2v) is 6.25. The normalized spacial score (nSPS) is 10.8. The zero-order valence-corrected chi connectivity index (χ0v) is 15.3. The molecule has 0 saturated carbocycles. The highest BCUT2D eigenvalue weighted by atomic mass is 35.5. The van der Waals surface area contributed by atoms with E-state index in [0.29, 0.717) is 17.4 Å². The molecule has 6 nitrogen and oxygen atoms in total. The van der Waals surface area contributed by atoms with Crippen LogP contribution < -0.4 is 15.5 Å². The molecule has 0 spiro atoms. The quantitative estimate of drug-likeness (QED) is 0.464. The zero-order chi connectivity index (χ0) is 18.9. The molecule has 0 atom stereocenters. The summed E-state index contributed by atoms with van der Waals surface area (Å²) in [5, 5.41) is 6.93. The van der Waals surface area contributed by atoms with E-state index in [9.17, 15) is 9.59 Å². The van der Waals surface area contributed by atoms with Crippen LogP contribution in [-0.4, -0.2) is 24.1 Å². The summed E-state index contributed by atoms with van der Waals surface area (Å²) >= 11 is 5.85. The number of halogens is 1. The Bertz CT molecular complexity index is 772. The van der Waals surface area contributed by atoms with Crippen molar-refractivity contribution in [2.75, 3.05) is 0 Å². The van der Waals surface area contributed by atoms with Gasteiger partial charge in [0.05, 0.1) is 6.21 Å². The summed E-state index contributed by atoms with van der Waals surface area (Å²) in [6.07, 6.45) is 1.45. The zero-order valence-electron chi connectivity index (χ0n) is 14.5. The van der Waals surface area contributed by atoms with Crippen LogP contribution in [0.4, 0.5) is 0 Å². The molecule has 0 radical (unpaired) electrons. The fourth-order valence-corrected chi connectivity index (χ4v) is 2.07. The Hall–Kier alpha value is -2.86. The molecule has 7 heteroatoms. The first-order valence-corrected chi connectivity index (χ1v) is 8.43. The average Bonchev–Trinajstić information content (AvgIpc) is 2.61. The lowest BCUT2D eigenvalue weighted by atomic mass is 10.2. The fraction of sp³-hybridized carbons (Fsp3) is 0.211. The third-order valence-corrected chi connectivity index (χ3v) is 3.46. The molecule has 0 aliphatic carbocycles. The maximum absolute atomic E-state index is 11.5. The number of hydrogen-bond donors (Lipinski definition) is 2. The van der Waals surface area contributed by atoms with Crippen LogP contribution in [0.15, 0.2) is 53.6 Å². The van der Waals surface area contributed by atoms with Gasteiger partial charge in [0.1, 0.15) is 12.4 Å². The number of rotatable bonds is 6. The number of nitrogens with zero attached hydrogens (tertiary/aromatic N) is 1. The summed E-state index contributed by atoms with van der Waals surface area (Å²) in [5.74, 6) is -0.821. The molecular weight excluding hydrogens is 354 g/mol. The van der Waals surface area contributed by atoms with Crippen molar-refractivity contribution in [3.8, 4) is 5.75 Å². The van der Waals surface area contributed by atoms with E-state index in [2.05, 4.69) is 15.8 Å². The first kappa shape index (κ1) is 19.5. The van der Waals surface area contributed by atoms with E-state index in [1.807, 2.05) is 24.3 Å². The van der Waals surface area contributed by atoms with Crippen molar-refractivity contribution in [1.29, 1.82) is 0 Å². The number of hydrogen-bond acceptors (Lipinski definition) is 4. The van der Waals surface area contributed by atoms with Crippen LogP contribution in [0.5, 0.6) is 5.75 Å². The molecule has 0 fully saturated rings. The molecule has 2 aromatic rings. The number of hydrazone groups is 1. The van der Waals surface area contributed by atoms with E-state index in [1.54, 1.807) is 38.1 Å². The van der Waals surface area contributed by atoms with E-state index < -0.39 is 11.8 Å². The van der Waals surface area contributed by atoms with E-state index in [0.717, 1.165) is 11.1 Å². The Labute approximate surface area is 157 Å². The van der Waals surface area contributed by atoms with Crippen LogP contribution >= 0.6 is 11.6 Å². The van der Waals surface area contributed by atoms with E-state index in [-0.39, 0.29) is 6.04 Å². The molecule has 0 aliphatic heterocycles. The summed E-state index contributed by atoms with van der Waals surface area (Å²) in [6.45, 7) is 3.97. The van der Waals surface area contributed by atoms with Crippen LogP contribution in [0, 0.1) is 0 Å². The van der Waals surface area contributed by atoms with E-state index >= 15 is 0 Å². The molecular formula is C19H20ClN3O3. The maximum atomic E-state index is 11.5. The lowest BCUT2D eigenvalue weighted by Crippen LogP contribution is -2.41. The van der Waals surface area contributed by atoms with Gasteiger partial charge in [-0.25, -0.2) is 5.43 Å². The Morgan fingerprint density at radius 3 is 2.35 bits per heavy atom. The standard InChI is InChI=1S/C19H20ClN3O3/c1-13(2)22-18(24)19(25)23-21-11-14-5-9-17(10-6-14)26-12-15-3-7-16(20)8-4-15/h3-11,13H,12H2,1-2H3,(H,22,24)(H,23,25). The van der Waals surface area contributed by atoms with Crippen molar-refractivity contribution in [3.63, 3.8) is 0 Å². The molecule has 2 aromatic carbocycles. The third kappa shape index (κ3) is 6.57. The number of nitrogens with one attached hydrogen (secondary N) is 2. The van der Waals surface area contributed by atoms with Crippen molar-refractivity contribution in [3.05, 3.63) is 64.7 Å². The first-order valence-electron chi connectivity index (χ1n) is 8.05. The van der Waals surface area contributed by atoms with Crippen molar-refractivity contribution >= 4 is 29.6 Å². The van der Waals surface area contributed by atoms with Gasteiger partial charge in [-0.15, -0.1) is 0 Å². The summed E-state index contributed by atoms with van der Waals surface area (Å²) in [4.78, 5) is 22.9. The Morgan fingerprint density at radius 1 is 1.08 bits per heavy atom. The number of benzene rings is 2. The van der Waals surface area contributed by atoms with Crippen LogP contribution in [0.1, 0.15) is 25.0 Å². The summed E-state index contributed by atoms with van der Waals surface area (Å²) < 4.78 is 5.69. The minimum Gasteiger partial charge on any atom is -0.489 e. The van der Waals surface area contributed by atoms with E-state index in [1.165, 1.54) is 6.21 Å². The second-order valence-electron chi connectivity index (χ2n) is 5.81. The minimum absolute atomic E-state index is 0.113. The first-order chi connectivity index (χ1) is 12.4. The molecule has 26 heavy (non-hydrogen) atoms. The van der Waals surface area contributed by atoms with Gasteiger partial charge in [0, 0.05) is 11.1 Å². The fourth-order valence-electron chi connectivity index (χ4n) is 1.94. The lowest BCUT2D eigenvalue weighted by Gasteiger charge is -2.07. The molecule has 2 N–H and O–H groups in total. The largest absolute Gasteiger partial charge is 0.489 e. The molecule has 2 amide bonds. The molecule has 0 saturated heterocycles. The predicted molar refractivity (Wildman–Crippen MR) is 101 cm³/mol. The van der Waals surface area contributed by atoms with Crippen LogP contribution in [0.25, 0.3) is 0 Å². The number of carbonyl (C=O) groups is 2. The topological polar surface area (TPSA) is 79.8 Å². The van der Waals surface area contributed by atoms with Gasteiger partial charge in [-0.1, -0.05) is 23.7 Å². The highest BCUT2D eigenvalue weighted by Crippen LogP contribution is 2.15. The molecule has 0 aliphatic rings. The second kappa shape index (κ2) is 9.58. The van der Waals surface area contributed by atoms with Crippen molar-refractivity contribution in [2.45, 2.75) is 26.5 Å². The highest BCUT2D eigenvalue weighted by Gasteiger charge is 2.12. The summed E-state index contributed by atoms with van der Waals surface area (Å²) in [5.41, 5.74) is 3.95. The molecule has 0 bridgehead atoms. The van der Waals surface area contributed by atoms with Crippen molar-refractivity contribution in [2.24, 2.45) is 5.10 Å².